The molecule has 0 spiro atoms. The normalized spacial score (nSPS) is 18.3. The van der Waals surface area contributed by atoms with Crippen LogP contribution >= 0.6 is 0 Å². The van der Waals surface area contributed by atoms with Crippen molar-refractivity contribution in [2.75, 3.05) is 26.7 Å². The van der Waals surface area contributed by atoms with Crippen molar-refractivity contribution in [1.82, 2.24) is 24.7 Å². The third-order valence-electron chi connectivity index (χ3n) is 10.3. The highest BCUT2D eigenvalue weighted by molar-refractivity contribution is 5.86. The standard InChI is InChI=1S/C38H38N6O3/c1-23-27(9-6-11-29(23)36-41-32-21-44(22-34(32)46-36)38(45)33-13-8-14-42(33)3)28-10-7-12-30(24(28)2)37-40-31-18-25(20-43-15-4-5-16-43)17-26(19-39)35(31)47-37/h6-7,9-12,17-18,33H,4-5,8,13-16,20-22H2,1-3H3. The summed E-state index contributed by atoms with van der Waals surface area (Å²) in [4.78, 5) is 29.4. The molecule has 5 aromatic rings. The van der Waals surface area contributed by atoms with Crippen molar-refractivity contribution < 1.29 is 13.6 Å². The SMILES string of the molecule is Cc1c(-c2nc3c(o2)CN(C(=O)C2CCCN2C)C3)cccc1-c1cccc(-c2nc3cc(CN4CCCC4)cc(C#N)c3o2)c1C. The number of aromatic nitrogens is 2. The molecule has 2 fully saturated rings. The largest absolute Gasteiger partial charge is 0.439 e. The molecule has 2 saturated heterocycles. The van der Waals surface area contributed by atoms with Gasteiger partial charge in [-0.25, -0.2) is 9.97 Å². The van der Waals surface area contributed by atoms with Crippen LogP contribution < -0.4 is 0 Å². The lowest BCUT2D eigenvalue weighted by Crippen LogP contribution is -2.42. The molecule has 3 aliphatic rings. The fourth-order valence-electron chi connectivity index (χ4n) is 7.64. The number of likely N-dealkylation sites (N-methyl/N-ethyl adjacent to an activating group) is 1. The number of hydrogen-bond donors (Lipinski definition) is 0. The first-order valence-electron chi connectivity index (χ1n) is 16.6. The van der Waals surface area contributed by atoms with Gasteiger partial charge in [-0.05, 0) is 118 Å². The van der Waals surface area contributed by atoms with E-state index in [1.807, 2.05) is 42.3 Å². The van der Waals surface area contributed by atoms with Crippen LogP contribution in [0.3, 0.4) is 0 Å². The monoisotopic (exact) mass is 626 g/mol. The van der Waals surface area contributed by atoms with E-state index in [1.54, 1.807) is 0 Å². The first-order valence-corrected chi connectivity index (χ1v) is 16.6. The molecule has 1 unspecified atom stereocenters. The summed E-state index contributed by atoms with van der Waals surface area (Å²) >= 11 is 0. The molecule has 0 radical (unpaired) electrons. The number of amides is 1. The highest BCUT2D eigenvalue weighted by atomic mass is 16.4. The van der Waals surface area contributed by atoms with Gasteiger partial charge in [-0.3, -0.25) is 14.6 Å². The maximum absolute atomic E-state index is 13.1. The van der Waals surface area contributed by atoms with Gasteiger partial charge in [-0.15, -0.1) is 0 Å². The lowest BCUT2D eigenvalue weighted by Gasteiger charge is -2.24. The van der Waals surface area contributed by atoms with Crippen molar-refractivity contribution in [2.24, 2.45) is 0 Å². The number of benzene rings is 3. The Labute approximate surface area is 274 Å². The molecule has 0 saturated carbocycles. The van der Waals surface area contributed by atoms with Crippen LogP contribution in [0.5, 0.6) is 0 Å². The number of fused-ring (bicyclic) bond motifs is 2. The van der Waals surface area contributed by atoms with Gasteiger partial charge in [0.2, 0.25) is 17.7 Å². The second-order valence-corrected chi connectivity index (χ2v) is 13.3. The van der Waals surface area contributed by atoms with Crippen LogP contribution in [0.2, 0.25) is 0 Å². The molecule has 9 nitrogen and oxygen atoms in total. The van der Waals surface area contributed by atoms with E-state index in [4.69, 9.17) is 18.8 Å². The minimum Gasteiger partial charge on any atom is -0.439 e. The average molecular weight is 627 g/mol. The van der Waals surface area contributed by atoms with E-state index in [9.17, 15) is 10.1 Å². The Bertz CT molecular complexity index is 2040. The van der Waals surface area contributed by atoms with Crippen LogP contribution in [0.1, 0.15) is 59.4 Å². The van der Waals surface area contributed by atoms with Crippen molar-refractivity contribution in [1.29, 1.82) is 5.26 Å². The Balaban J connectivity index is 1.08. The predicted octanol–water partition coefficient (Wildman–Crippen LogP) is 6.84. The summed E-state index contributed by atoms with van der Waals surface area (Å²) < 4.78 is 12.6. The number of nitrogens with zero attached hydrogens (tertiary/aromatic N) is 6. The van der Waals surface area contributed by atoms with E-state index >= 15 is 0 Å². The number of nitriles is 1. The fraction of sp³-hybridized carbons (Fsp3) is 0.368. The molecule has 238 valence electrons. The number of oxazole rings is 2. The Morgan fingerprint density at radius 1 is 0.894 bits per heavy atom. The molecule has 1 amide bonds. The van der Waals surface area contributed by atoms with Gasteiger partial charge in [0.25, 0.3) is 0 Å². The smallest absolute Gasteiger partial charge is 0.240 e. The zero-order chi connectivity index (χ0) is 32.2. The molecule has 47 heavy (non-hydrogen) atoms. The molecule has 0 N–H and O–H groups in total. The second-order valence-electron chi connectivity index (χ2n) is 13.3. The van der Waals surface area contributed by atoms with E-state index in [-0.39, 0.29) is 11.9 Å². The molecule has 5 heterocycles. The maximum atomic E-state index is 13.1. The zero-order valence-electron chi connectivity index (χ0n) is 27.2. The van der Waals surface area contributed by atoms with Crippen LogP contribution in [0.25, 0.3) is 45.1 Å². The van der Waals surface area contributed by atoms with E-state index < -0.39 is 0 Å². The van der Waals surface area contributed by atoms with Crippen molar-refractivity contribution in [3.05, 3.63) is 82.2 Å². The van der Waals surface area contributed by atoms with Crippen LogP contribution in [-0.4, -0.2) is 63.3 Å². The summed E-state index contributed by atoms with van der Waals surface area (Å²) in [6.07, 6.45) is 4.41. The number of likely N-dealkylation sites (tertiary alicyclic amines) is 2. The Morgan fingerprint density at radius 3 is 2.21 bits per heavy atom. The maximum Gasteiger partial charge on any atom is 0.240 e. The minimum absolute atomic E-state index is 0.0446. The van der Waals surface area contributed by atoms with Crippen LogP contribution in [0, 0.1) is 25.2 Å². The summed E-state index contributed by atoms with van der Waals surface area (Å²) in [6, 6.07) is 18.6. The van der Waals surface area contributed by atoms with Crippen molar-refractivity contribution in [3.63, 3.8) is 0 Å². The van der Waals surface area contributed by atoms with Gasteiger partial charge in [0.05, 0.1) is 24.7 Å². The van der Waals surface area contributed by atoms with Crippen molar-refractivity contribution in [2.45, 2.75) is 65.2 Å². The zero-order valence-corrected chi connectivity index (χ0v) is 27.2. The fourth-order valence-corrected chi connectivity index (χ4v) is 7.64. The number of rotatable bonds is 6. The molecule has 0 aliphatic carbocycles. The predicted molar refractivity (Wildman–Crippen MR) is 179 cm³/mol. The Morgan fingerprint density at radius 2 is 1.57 bits per heavy atom. The topological polar surface area (TPSA) is 103 Å². The van der Waals surface area contributed by atoms with Gasteiger partial charge in [-0.1, -0.05) is 24.3 Å². The Kier molecular flexibility index (Phi) is 7.42. The lowest BCUT2D eigenvalue weighted by atomic mass is 9.91. The van der Waals surface area contributed by atoms with Gasteiger partial charge in [0, 0.05) is 17.7 Å². The van der Waals surface area contributed by atoms with Gasteiger partial charge in [0.15, 0.2) is 5.58 Å². The van der Waals surface area contributed by atoms with Gasteiger partial charge < -0.3 is 13.7 Å². The van der Waals surface area contributed by atoms with E-state index in [0.29, 0.717) is 41.5 Å². The molecule has 8 rings (SSSR count). The Hall–Kier alpha value is -4.78. The number of carbonyl (C=O) groups excluding carboxylic acids is 1. The van der Waals surface area contributed by atoms with Crippen molar-refractivity contribution >= 4 is 17.0 Å². The number of hydrogen-bond acceptors (Lipinski definition) is 8. The summed E-state index contributed by atoms with van der Waals surface area (Å²) in [7, 11) is 2.02. The van der Waals surface area contributed by atoms with Crippen LogP contribution in [0.15, 0.2) is 57.4 Å². The first-order chi connectivity index (χ1) is 22.9. The summed E-state index contributed by atoms with van der Waals surface area (Å²) in [5, 5.41) is 9.95. The van der Waals surface area contributed by atoms with Crippen LogP contribution in [0.4, 0.5) is 0 Å². The van der Waals surface area contributed by atoms with Gasteiger partial charge in [0.1, 0.15) is 23.0 Å². The summed E-state index contributed by atoms with van der Waals surface area (Å²) in [5.74, 6) is 2.03. The first kappa shape index (κ1) is 29.6. The molecule has 0 bridgehead atoms. The molecule has 3 aromatic carbocycles. The molecule has 1 atom stereocenters. The van der Waals surface area contributed by atoms with Gasteiger partial charge >= 0.3 is 0 Å². The minimum atomic E-state index is -0.0446. The summed E-state index contributed by atoms with van der Waals surface area (Å²) in [6.45, 7) is 9.09. The summed E-state index contributed by atoms with van der Waals surface area (Å²) in [5.41, 5.74) is 9.75. The van der Waals surface area contributed by atoms with E-state index in [2.05, 4.69) is 47.9 Å². The molecule has 9 heteroatoms. The highest BCUT2D eigenvalue weighted by Crippen LogP contribution is 2.39. The van der Waals surface area contributed by atoms with E-state index in [0.717, 1.165) is 89.4 Å². The lowest BCUT2D eigenvalue weighted by molar-refractivity contribution is -0.136. The van der Waals surface area contributed by atoms with Crippen molar-refractivity contribution in [3.8, 4) is 40.1 Å². The molecule has 2 aromatic heterocycles. The highest BCUT2D eigenvalue weighted by Gasteiger charge is 2.36. The second kappa shape index (κ2) is 11.8. The molecular formula is C38H38N6O3. The molecular weight excluding hydrogens is 588 g/mol. The average Bonchev–Trinajstić information content (AvgIpc) is 3.90. The molecule has 3 aliphatic heterocycles. The van der Waals surface area contributed by atoms with Gasteiger partial charge in [-0.2, -0.15) is 5.26 Å². The quantitative estimate of drug-likeness (QED) is 0.202. The van der Waals surface area contributed by atoms with Crippen LogP contribution in [-0.2, 0) is 24.4 Å². The van der Waals surface area contributed by atoms with E-state index in [1.165, 1.54) is 12.8 Å². The number of carbonyl (C=O) groups is 1. The third kappa shape index (κ3) is 5.22. The third-order valence-corrected chi connectivity index (χ3v) is 10.3.